The fourth-order valence-corrected chi connectivity index (χ4v) is 2.40. The third-order valence-electron chi connectivity index (χ3n) is 3.39. The molecule has 0 bridgehead atoms. The molecule has 1 unspecified atom stereocenters. The van der Waals surface area contributed by atoms with Crippen LogP contribution in [0.4, 0.5) is 0 Å². The van der Waals surface area contributed by atoms with E-state index in [-0.39, 0.29) is 6.04 Å². The van der Waals surface area contributed by atoms with Gasteiger partial charge in [0.2, 0.25) is 0 Å². The van der Waals surface area contributed by atoms with Gasteiger partial charge in [-0.15, -0.1) is 0 Å². The molecule has 0 aliphatic heterocycles. The molecular formula is C16H16ClN3. The van der Waals surface area contributed by atoms with E-state index < -0.39 is 0 Å². The molecule has 0 saturated heterocycles. The molecule has 0 amide bonds. The van der Waals surface area contributed by atoms with Crippen LogP contribution in [0.1, 0.15) is 29.8 Å². The van der Waals surface area contributed by atoms with Gasteiger partial charge in [0.1, 0.15) is 11.8 Å². The van der Waals surface area contributed by atoms with Crippen LogP contribution in [0.3, 0.4) is 0 Å². The molecule has 2 rings (SSSR count). The normalized spacial score (nSPS) is 12.2. The van der Waals surface area contributed by atoms with Crippen molar-refractivity contribution in [2.45, 2.75) is 19.5 Å². The second-order valence-electron chi connectivity index (χ2n) is 4.77. The summed E-state index contributed by atoms with van der Waals surface area (Å²) in [5, 5.41) is 9.65. The van der Waals surface area contributed by atoms with Gasteiger partial charge in [0, 0.05) is 23.8 Å². The Bertz CT molecular complexity index is 634. The molecule has 0 aliphatic rings. The highest BCUT2D eigenvalue weighted by Gasteiger charge is 2.14. The first-order valence-electron chi connectivity index (χ1n) is 6.41. The molecule has 0 aliphatic carbocycles. The van der Waals surface area contributed by atoms with Crippen LogP contribution >= 0.6 is 11.6 Å². The minimum Gasteiger partial charge on any atom is -0.295 e. The maximum atomic E-state index is 8.88. The first-order chi connectivity index (χ1) is 9.61. The van der Waals surface area contributed by atoms with Crippen molar-refractivity contribution in [2.75, 3.05) is 7.05 Å². The molecule has 0 saturated carbocycles. The largest absolute Gasteiger partial charge is 0.295 e. The van der Waals surface area contributed by atoms with Crippen molar-refractivity contribution < 1.29 is 0 Å². The summed E-state index contributed by atoms with van der Waals surface area (Å²) >= 11 is 6.23. The van der Waals surface area contributed by atoms with Gasteiger partial charge in [-0.3, -0.25) is 4.90 Å². The Morgan fingerprint density at radius 2 is 2.10 bits per heavy atom. The fourth-order valence-electron chi connectivity index (χ4n) is 2.11. The summed E-state index contributed by atoms with van der Waals surface area (Å²) in [5.74, 6) is 0. The average Bonchev–Trinajstić information content (AvgIpc) is 2.47. The van der Waals surface area contributed by atoms with E-state index in [0.29, 0.717) is 5.69 Å². The lowest BCUT2D eigenvalue weighted by Crippen LogP contribution is -2.22. The van der Waals surface area contributed by atoms with E-state index in [1.54, 1.807) is 6.20 Å². The summed E-state index contributed by atoms with van der Waals surface area (Å²) in [6, 6.07) is 13.9. The summed E-state index contributed by atoms with van der Waals surface area (Å²) in [7, 11) is 2.04. The SMILES string of the molecule is CC(c1ccccc1Cl)N(C)Cc1ccnc(C#N)c1. The Labute approximate surface area is 124 Å². The van der Waals surface area contributed by atoms with Gasteiger partial charge < -0.3 is 0 Å². The van der Waals surface area contributed by atoms with Gasteiger partial charge in [-0.25, -0.2) is 4.98 Å². The Morgan fingerprint density at radius 1 is 1.35 bits per heavy atom. The summed E-state index contributed by atoms with van der Waals surface area (Å²) in [6.07, 6.45) is 1.67. The van der Waals surface area contributed by atoms with Crippen LogP contribution < -0.4 is 0 Å². The molecule has 3 nitrogen and oxygen atoms in total. The Kier molecular flexibility index (Phi) is 4.73. The number of aromatic nitrogens is 1. The van der Waals surface area contributed by atoms with E-state index >= 15 is 0 Å². The fraction of sp³-hybridized carbons (Fsp3) is 0.250. The number of hydrogen-bond acceptors (Lipinski definition) is 3. The molecule has 1 atom stereocenters. The molecule has 4 heteroatoms. The van der Waals surface area contributed by atoms with E-state index in [2.05, 4.69) is 22.9 Å². The Hall–Kier alpha value is -1.89. The van der Waals surface area contributed by atoms with Gasteiger partial charge in [0.25, 0.3) is 0 Å². The Balaban J connectivity index is 2.14. The van der Waals surface area contributed by atoms with Crippen LogP contribution in [-0.2, 0) is 6.54 Å². The molecule has 102 valence electrons. The molecular weight excluding hydrogens is 270 g/mol. The van der Waals surface area contributed by atoms with Gasteiger partial charge in [-0.2, -0.15) is 5.26 Å². The topological polar surface area (TPSA) is 39.9 Å². The predicted molar refractivity (Wildman–Crippen MR) is 80.3 cm³/mol. The van der Waals surface area contributed by atoms with Crippen molar-refractivity contribution in [1.82, 2.24) is 9.88 Å². The highest BCUT2D eigenvalue weighted by atomic mass is 35.5. The average molecular weight is 286 g/mol. The molecule has 0 radical (unpaired) electrons. The standard InChI is InChI=1S/C16H16ClN3/c1-12(15-5-3-4-6-16(15)17)20(2)11-13-7-8-19-14(9-13)10-18/h3-9,12H,11H2,1-2H3. The van der Waals surface area contributed by atoms with Crippen LogP contribution in [0.25, 0.3) is 0 Å². The van der Waals surface area contributed by atoms with Gasteiger partial charge in [0.05, 0.1) is 0 Å². The van der Waals surface area contributed by atoms with Gasteiger partial charge in [0.15, 0.2) is 0 Å². The summed E-state index contributed by atoms with van der Waals surface area (Å²) in [5.41, 5.74) is 2.62. The molecule has 1 aromatic carbocycles. The van der Waals surface area contributed by atoms with Crippen LogP contribution in [-0.4, -0.2) is 16.9 Å². The first-order valence-corrected chi connectivity index (χ1v) is 6.79. The quantitative estimate of drug-likeness (QED) is 0.858. The minimum atomic E-state index is 0.197. The molecule has 1 aromatic heterocycles. The number of benzene rings is 1. The van der Waals surface area contributed by atoms with E-state index in [9.17, 15) is 0 Å². The van der Waals surface area contributed by atoms with Crippen LogP contribution in [0, 0.1) is 11.3 Å². The smallest absolute Gasteiger partial charge is 0.140 e. The van der Waals surface area contributed by atoms with Crippen molar-refractivity contribution in [1.29, 1.82) is 5.26 Å². The van der Waals surface area contributed by atoms with Crippen molar-refractivity contribution in [2.24, 2.45) is 0 Å². The maximum absolute atomic E-state index is 8.88. The Morgan fingerprint density at radius 3 is 2.80 bits per heavy atom. The zero-order chi connectivity index (χ0) is 14.5. The van der Waals surface area contributed by atoms with E-state index in [1.807, 2.05) is 43.4 Å². The van der Waals surface area contributed by atoms with Gasteiger partial charge >= 0.3 is 0 Å². The summed E-state index contributed by atoms with van der Waals surface area (Å²) < 4.78 is 0. The molecule has 0 spiro atoms. The van der Waals surface area contributed by atoms with Crippen molar-refractivity contribution in [3.63, 3.8) is 0 Å². The van der Waals surface area contributed by atoms with Crippen LogP contribution in [0.5, 0.6) is 0 Å². The monoisotopic (exact) mass is 285 g/mol. The molecule has 20 heavy (non-hydrogen) atoms. The second-order valence-corrected chi connectivity index (χ2v) is 5.18. The van der Waals surface area contributed by atoms with E-state index in [4.69, 9.17) is 16.9 Å². The summed E-state index contributed by atoms with van der Waals surface area (Å²) in [4.78, 5) is 6.17. The van der Waals surface area contributed by atoms with Gasteiger partial charge in [-0.05, 0) is 43.3 Å². The predicted octanol–water partition coefficient (Wildman–Crippen LogP) is 3.80. The zero-order valence-corrected chi connectivity index (χ0v) is 12.3. The third kappa shape index (κ3) is 3.36. The van der Waals surface area contributed by atoms with E-state index in [0.717, 1.165) is 22.7 Å². The lowest BCUT2D eigenvalue weighted by molar-refractivity contribution is 0.253. The second kappa shape index (κ2) is 6.51. The molecule has 1 heterocycles. The van der Waals surface area contributed by atoms with Crippen LogP contribution in [0.2, 0.25) is 5.02 Å². The molecule has 0 fully saturated rings. The van der Waals surface area contributed by atoms with E-state index in [1.165, 1.54) is 0 Å². The van der Waals surface area contributed by atoms with Gasteiger partial charge in [-0.1, -0.05) is 29.8 Å². The summed E-state index contributed by atoms with van der Waals surface area (Å²) in [6.45, 7) is 2.86. The lowest BCUT2D eigenvalue weighted by Gasteiger charge is -2.25. The minimum absolute atomic E-state index is 0.197. The van der Waals surface area contributed by atoms with Crippen molar-refractivity contribution in [3.8, 4) is 6.07 Å². The third-order valence-corrected chi connectivity index (χ3v) is 3.73. The first kappa shape index (κ1) is 14.5. The number of pyridine rings is 1. The highest BCUT2D eigenvalue weighted by Crippen LogP contribution is 2.27. The number of halogens is 1. The van der Waals surface area contributed by atoms with Crippen LogP contribution in [0.15, 0.2) is 42.6 Å². The molecule has 2 aromatic rings. The number of nitriles is 1. The zero-order valence-electron chi connectivity index (χ0n) is 11.5. The maximum Gasteiger partial charge on any atom is 0.140 e. The highest BCUT2D eigenvalue weighted by molar-refractivity contribution is 6.31. The van der Waals surface area contributed by atoms with Crippen molar-refractivity contribution in [3.05, 3.63) is 64.4 Å². The van der Waals surface area contributed by atoms with Crippen molar-refractivity contribution >= 4 is 11.6 Å². The number of nitrogens with zero attached hydrogens (tertiary/aromatic N) is 3. The molecule has 0 N–H and O–H groups in total. The number of rotatable bonds is 4. The lowest BCUT2D eigenvalue weighted by atomic mass is 10.1. The number of hydrogen-bond donors (Lipinski definition) is 0.